The van der Waals surface area contributed by atoms with Crippen molar-refractivity contribution in [3.05, 3.63) is 61.5 Å². The standard InChI is InChI=1S/C15H13Br2ClO2/c1-2-20-10-4-6-11(13(17)8-10)15(19)12-5-3-9(16)7-14(12)18/h3-8,15,19H,2H2,1H3. The third-order valence-corrected chi connectivity index (χ3v) is 4.34. The van der Waals surface area contributed by atoms with E-state index in [4.69, 9.17) is 16.3 Å². The molecule has 2 rings (SSSR count). The normalized spacial score (nSPS) is 12.2. The molecule has 0 aliphatic rings. The zero-order valence-electron chi connectivity index (χ0n) is 10.7. The molecular formula is C15H13Br2ClO2. The smallest absolute Gasteiger partial charge is 0.120 e. The first-order valence-corrected chi connectivity index (χ1v) is 8.04. The second-order valence-electron chi connectivity index (χ2n) is 4.18. The first-order valence-electron chi connectivity index (χ1n) is 6.08. The van der Waals surface area contributed by atoms with E-state index in [1.807, 2.05) is 31.2 Å². The molecule has 0 aliphatic heterocycles. The molecule has 0 heterocycles. The molecule has 2 aromatic rings. The molecule has 5 heteroatoms. The Labute approximate surface area is 140 Å². The van der Waals surface area contributed by atoms with Gasteiger partial charge in [0.05, 0.1) is 6.61 Å². The number of rotatable bonds is 4. The molecular weight excluding hydrogens is 407 g/mol. The Morgan fingerprint density at radius 3 is 2.45 bits per heavy atom. The van der Waals surface area contributed by atoms with Crippen LogP contribution < -0.4 is 4.74 Å². The Morgan fingerprint density at radius 1 is 1.15 bits per heavy atom. The van der Waals surface area contributed by atoms with Gasteiger partial charge in [-0.1, -0.05) is 55.6 Å². The predicted molar refractivity (Wildman–Crippen MR) is 88.5 cm³/mol. The summed E-state index contributed by atoms with van der Waals surface area (Å²) >= 11 is 13.0. The van der Waals surface area contributed by atoms with Crippen LogP contribution in [-0.2, 0) is 0 Å². The minimum Gasteiger partial charge on any atom is -0.494 e. The van der Waals surface area contributed by atoms with Crippen LogP contribution in [0.4, 0.5) is 0 Å². The van der Waals surface area contributed by atoms with Crippen molar-refractivity contribution in [1.82, 2.24) is 0 Å². The molecule has 0 radical (unpaired) electrons. The van der Waals surface area contributed by atoms with Crippen LogP contribution in [0.15, 0.2) is 45.3 Å². The van der Waals surface area contributed by atoms with Crippen LogP contribution in [0, 0.1) is 0 Å². The number of halogens is 3. The number of hydrogen-bond donors (Lipinski definition) is 1. The molecule has 2 nitrogen and oxygen atoms in total. The zero-order valence-corrected chi connectivity index (χ0v) is 14.7. The number of ether oxygens (including phenoxy) is 1. The molecule has 2 aromatic carbocycles. The molecule has 1 N–H and O–H groups in total. The molecule has 0 amide bonds. The SMILES string of the molecule is CCOc1ccc(C(O)c2ccc(Br)cc2Cl)c(Br)c1. The third kappa shape index (κ3) is 3.55. The van der Waals surface area contributed by atoms with Crippen LogP contribution in [0.1, 0.15) is 24.2 Å². The van der Waals surface area contributed by atoms with Gasteiger partial charge in [-0.3, -0.25) is 0 Å². The van der Waals surface area contributed by atoms with Crippen LogP contribution in [-0.4, -0.2) is 11.7 Å². The van der Waals surface area contributed by atoms with Crippen molar-refractivity contribution in [2.45, 2.75) is 13.0 Å². The fourth-order valence-electron chi connectivity index (χ4n) is 1.88. The molecule has 1 unspecified atom stereocenters. The van der Waals surface area contributed by atoms with Crippen molar-refractivity contribution in [3.8, 4) is 5.75 Å². The summed E-state index contributed by atoms with van der Waals surface area (Å²) in [5, 5.41) is 11.0. The maximum Gasteiger partial charge on any atom is 0.120 e. The van der Waals surface area contributed by atoms with Crippen molar-refractivity contribution >= 4 is 43.5 Å². The van der Waals surface area contributed by atoms with E-state index in [0.717, 1.165) is 20.3 Å². The summed E-state index contributed by atoms with van der Waals surface area (Å²) in [6.45, 7) is 2.53. The highest BCUT2D eigenvalue weighted by molar-refractivity contribution is 9.10. The van der Waals surface area contributed by atoms with Crippen LogP contribution in [0.2, 0.25) is 5.02 Å². The minimum atomic E-state index is -0.791. The summed E-state index contributed by atoms with van der Waals surface area (Å²) in [6, 6.07) is 10.9. The largest absolute Gasteiger partial charge is 0.494 e. The molecule has 0 bridgehead atoms. The van der Waals surface area contributed by atoms with E-state index in [1.165, 1.54) is 0 Å². The predicted octanol–water partition coefficient (Wildman–Crippen LogP) is 5.35. The zero-order chi connectivity index (χ0) is 14.7. The highest BCUT2D eigenvalue weighted by atomic mass is 79.9. The summed E-state index contributed by atoms with van der Waals surface area (Å²) in [5.41, 5.74) is 1.41. The van der Waals surface area contributed by atoms with E-state index in [9.17, 15) is 5.11 Å². The molecule has 1 atom stereocenters. The third-order valence-electron chi connectivity index (χ3n) is 2.83. The van der Waals surface area contributed by atoms with E-state index in [1.54, 1.807) is 12.1 Å². The van der Waals surface area contributed by atoms with Crippen LogP contribution in [0.3, 0.4) is 0 Å². The highest BCUT2D eigenvalue weighted by Crippen LogP contribution is 2.35. The Morgan fingerprint density at radius 2 is 1.85 bits per heavy atom. The Balaban J connectivity index is 2.35. The van der Waals surface area contributed by atoms with E-state index >= 15 is 0 Å². The number of benzene rings is 2. The van der Waals surface area contributed by atoms with Gasteiger partial charge < -0.3 is 9.84 Å². The first-order chi connectivity index (χ1) is 9.52. The van der Waals surface area contributed by atoms with Gasteiger partial charge >= 0.3 is 0 Å². The maximum absolute atomic E-state index is 10.5. The molecule has 0 saturated heterocycles. The van der Waals surface area contributed by atoms with Crippen molar-refractivity contribution < 1.29 is 9.84 Å². The lowest BCUT2D eigenvalue weighted by molar-refractivity contribution is 0.219. The second kappa shape index (κ2) is 6.94. The number of hydrogen-bond acceptors (Lipinski definition) is 2. The Bertz CT molecular complexity index is 617. The van der Waals surface area contributed by atoms with Crippen LogP contribution in [0.5, 0.6) is 5.75 Å². The van der Waals surface area contributed by atoms with Gasteiger partial charge in [-0.2, -0.15) is 0 Å². The molecule has 20 heavy (non-hydrogen) atoms. The molecule has 0 spiro atoms. The summed E-state index contributed by atoms with van der Waals surface area (Å²) in [6.07, 6.45) is -0.791. The Kier molecular flexibility index (Phi) is 5.49. The van der Waals surface area contributed by atoms with Gasteiger partial charge in [-0.15, -0.1) is 0 Å². The summed E-state index contributed by atoms with van der Waals surface area (Å²) in [5.74, 6) is 0.761. The van der Waals surface area contributed by atoms with Gasteiger partial charge in [0, 0.05) is 19.5 Å². The molecule has 0 saturated carbocycles. The van der Waals surface area contributed by atoms with E-state index in [-0.39, 0.29) is 0 Å². The summed E-state index contributed by atoms with van der Waals surface area (Å²) in [7, 11) is 0. The van der Waals surface area contributed by atoms with Crippen molar-refractivity contribution in [2.24, 2.45) is 0 Å². The van der Waals surface area contributed by atoms with Gasteiger partial charge in [0.15, 0.2) is 0 Å². The lowest BCUT2D eigenvalue weighted by Crippen LogP contribution is -2.02. The lowest BCUT2D eigenvalue weighted by Gasteiger charge is -2.16. The van der Waals surface area contributed by atoms with Crippen molar-refractivity contribution in [3.63, 3.8) is 0 Å². The molecule has 106 valence electrons. The quantitative estimate of drug-likeness (QED) is 0.723. The minimum absolute atomic E-state index is 0.521. The average molecular weight is 421 g/mol. The molecule has 0 fully saturated rings. The van der Waals surface area contributed by atoms with Crippen molar-refractivity contribution in [1.29, 1.82) is 0 Å². The number of aliphatic hydroxyl groups excluding tert-OH is 1. The van der Waals surface area contributed by atoms with Gasteiger partial charge in [-0.25, -0.2) is 0 Å². The van der Waals surface area contributed by atoms with Gasteiger partial charge in [0.25, 0.3) is 0 Å². The summed E-state index contributed by atoms with van der Waals surface area (Å²) < 4.78 is 7.09. The fraction of sp³-hybridized carbons (Fsp3) is 0.200. The Hall–Kier alpha value is -0.550. The first kappa shape index (κ1) is 15.8. The monoisotopic (exact) mass is 418 g/mol. The summed E-state index contributed by atoms with van der Waals surface area (Å²) in [4.78, 5) is 0. The second-order valence-corrected chi connectivity index (χ2v) is 6.36. The fourth-order valence-corrected chi connectivity index (χ4v) is 3.23. The van der Waals surface area contributed by atoms with Crippen LogP contribution >= 0.6 is 43.5 Å². The maximum atomic E-state index is 10.5. The number of aliphatic hydroxyl groups is 1. The molecule has 0 aromatic heterocycles. The molecule has 0 aliphatic carbocycles. The highest BCUT2D eigenvalue weighted by Gasteiger charge is 2.17. The topological polar surface area (TPSA) is 29.5 Å². The van der Waals surface area contributed by atoms with Crippen molar-refractivity contribution in [2.75, 3.05) is 6.61 Å². The van der Waals surface area contributed by atoms with E-state index < -0.39 is 6.10 Å². The lowest BCUT2D eigenvalue weighted by atomic mass is 10.0. The van der Waals surface area contributed by atoms with Gasteiger partial charge in [0.1, 0.15) is 11.9 Å². The van der Waals surface area contributed by atoms with Gasteiger partial charge in [0.2, 0.25) is 0 Å². The average Bonchev–Trinajstić information content (AvgIpc) is 2.38. The van der Waals surface area contributed by atoms with E-state index in [0.29, 0.717) is 17.2 Å². The van der Waals surface area contributed by atoms with Gasteiger partial charge in [-0.05, 0) is 36.8 Å². The van der Waals surface area contributed by atoms with E-state index in [2.05, 4.69) is 31.9 Å². The van der Waals surface area contributed by atoms with Crippen LogP contribution in [0.25, 0.3) is 0 Å².